The fourth-order valence-electron chi connectivity index (χ4n) is 1.36. The van der Waals surface area contributed by atoms with Crippen LogP contribution in [0.2, 0.25) is 0 Å². The van der Waals surface area contributed by atoms with E-state index in [0.29, 0.717) is 5.82 Å². The minimum absolute atomic E-state index is 0.0906. The van der Waals surface area contributed by atoms with Crippen LogP contribution in [0.15, 0.2) is 12.1 Å². The van der Waals surface area contributed by atoms with Crippen LogP contribution in [0, 0.1) is 0 Å². The Hall–Kier alpha value is -1.23. The molecule has 0 fully saturated rings. The number of thioether (sulfide) groups is 1. The van der Waals surface area contributed by atoms with E-state index in [0.717, 1.165) is 18.7 Å². The molecule has 5 heteroatoms. The van der Waals surface area contributed by atoms with Gasteiger partial charge in [0.25, 0.3) is 0 Å². The summed E-state index contributed by atoms with van der Waals surface area (Å²) in [6, 6.07) is 3.20. The number of aromatic carboxylic acids is 1. The van der Waals surface area contributed by atoms with E-state index in [1.807, 2.05) is 6.92 Å². The number of aromatic nitrogens is 1. The van der Waals surface area contributed by atoms with E-state index in [-0.39, 0.29) is 10.3 Å². The predicted molar refractivity (Wildman–Crippen MR) is 76.7 cm³/mol. The first-order valence-corrected chi connectivity index (χ1v) is 7.13. The average molecular weight is 268 g/mol. The van der Waals surface area contributed by atoms with Crippen molar-refractivity contribution in [1.82, 2.24) is 4.98 Å². The van der Waals surface area contributed by atoms with Crippen LogP contribution >= 0.6 is 11.8 Å². The zero-order valence-electron chi connectivity index (χ0n) is 11.3. The SMILES string of the molecule is CCc1cc(C(=O)O)cc(NCC(C)(C)SC)n1. The summed E-state index contributed by atoms with van der Waals surface area (Å²) in [6.45, 7) is 6.97. The Labute approximate surface area is 112 Å². The standard InChI is InChI=1S/C13H20N2O2S/c1-5-10-6-9(12(16)17)7-11(15-10)14-8-13(2,3)18-4/h6-7H,5,8H2,1-4H3,(H,14,15)(H,16,17). The molecule has 0 bridgehead atoms. The van der Waals surface area contributed by atoms with Gasteiger partial charge in [-0.15, -0.1) is 0 Å². The van der Waals surface area contributed by atoms with Crippen LogP contribution in [0.25, 0.3) is 0 Å². The molecule has 0 radical (unpaired) electrons. The Kier molecular flexibility index (Phi) is 5.02. The fourth-order valence-corrected chi connectivity index (χ4v) is 1.57. The minimum Gasteiger partial charge on any atom is -0.478 e. The van der Waals surface area contributed by atoms with E-state index in [4.69, 9.17) is 5.11 Å². The van der Waals surface area contributed by atoms with Crippen LogP contribution < -0.4 is 5.32 Å². The zero-order chi connectivity index (χ0) is 13.8. The summed E-state index contributed by atoms with van der Waals surface area (Å²) in [4.78, 5) is 15.4. The molecular formula is C13H20N2O2S. The quantitative estimate of drug-likeness (QED) is 0.830. The number of carboxylic acids is 1. The first-order chi connectivity index (χ1) is 8.38. The highest BCUT2D eigenvalue weighted by atomic mass is 32.2. The molecule has 100 valence electrons. The maximum Gasteiger partial charge on any atom is 0.335 e. The van der Waals surface area contributed by atoms with Gasteiger partial charge in [0.1, 0.15) is 5.82 Å². The van der Waals surface area contributed by atoms with Gasteiger partial charge >= 0.3 is 5.97 Å². The molecule has 1 aromatic rings. The molecular weight excluding hydrogens is 248 g/mol. The molecule has 0 atom stereocenters. The van der Waals surface area contributed by atoms with Crippen molar-refractivity contribution < 1.29 is 9.90 Å². The molecule has 18 heavy (non-hydrogen) atoms. The lowest BCUT2D eigenvalue weighted by Crippen LogP contribution is -2.26. The number of aryl methyl sites for hydroxylation is 1. The maximum absolute atomic E-state index is 11.0. The fraction of sp³-hybridized carbons (Fsp3) is 0.538. The predicted octanol–water partition coefficient (Wildman–Crippen LogP) is 2.90. The van der Waals surface area contributed by atoms with Crippen molar-refractivity contribution in [3.05, 3.63) is 23.4 Å². The number of pyridine rings is 1. The van der Waals surface area contributed by atoms with Crippen molar-refractivity contribution in [3.8, 4) is 0 Å². The van der Waals surface area contributed by atoms with E-state index in [9.17, 15) is 4.79 Å². The first kappa shape index (κ1) is 14.8. The van der Waals surface area contributed by atoms with Gasteiger partial charge < -0.3 is 10.4 Å². The van der Waals surface area contributed by atoms with Crippen molar-refractivity contribution in [2.45, 2.75) is 31.9 Å². The molecule has 0 aliphatic rings. The molecule has 0 saturated carbocycles. The van der Waals surface area contributed by atoms with Gasteiger partial charge in [0.15, 0.2) is 0 Å². The maximum atomic E-state index is 11.0. The van der Waals surface area contributed by atoms with E-state index < -0.39 is 5.97 Å². The topological polar surface area (TPSA) is 62.2 Å². The van der Waals surface area contributed by atoms with Gasteiger partial charge in [-0.1, -0.05) is 6.92 Å². The van der Waals surface area contributed by atoms with Gasteiger partial charge in [0.05, 0.1) is 5.56 Å². The lowest BCUT2D eigenvalue weighted by atomic mass is 10.2. The van der Waals surface area contributed by atoms with Gasteiger partial charge in [0.2, 0.25) is 0 Å². The number of nitrogens with zero attached hydrogens (tertiary/aromatic N) is 1. The normalized spacial score (nSPS) is 11.3. The highest BCUT2D eigenvalue weighted by molar-refractivity contribution is 7.99. The second-order valence-corrected chi connectivity index (χ2v) is 6.22. The number of nitrogens with one attached hydrogen (secondary N) is 1. The Balaban J connectivity index is 2.88. The summed E-state index contributed by atoms with van der Waals surface area (Å²) in [7, 11) is 0. The third kappa shape index (κ3) is 4.22. The Bertz CT molecular complexity index is 433. The first-order valence-electron chi connectivity index (χ1n) is 5.91. The molecule has 0 aliphatic carbocycles. The van der Waals surface area contributed by atoms with E-state index in [2.05, 4.69) is 30.4 Å². The third-order valence-corrected chi connectivity index (χ3v) is 3.98. The summed E-state index contributed by atoms with van der Waals surface area (Å²) in [5, 5.41) is 12.3. The molecule has 0 aromatic carbocycles. The number of rotatable bonds is 6. The van der Waals surface area contributed by atoms with Gasteiger partial charge in [-0.05, 0) is 38.7 Å². The van der Waals surface area contributed by atoms with Crippen LogP contribution in [-0.4, -0.2) is 33.6 Å². The lowest BCUT2D eigenvalue weighted by Gasteiger charge is -2.22. The molecule has 0 unspecified atom stereocenters. The lowest BCUT2D eigenvalue weighted by molar-refractivity contribution is 0.0696. The molecule has 1 heterocycles. The number of hydrogen-bond donors (Lipinski definition) is 2. The third-order valence-electron chi connectivity index (χ3n) is 2.74. The van der Waals surface area contributed by atoms with Gasteiger partial charge in [-0.25, -0.2) is 9.78 Å². The average Bonchev–Trinajstić information content (AvgIpc) is 2.36. The smallest absolute Gasteiger partial charge is 0.335 e. The molecule has 0 aliphatic heterocycles. The molecule has 2 N–H and O–H groups in total. The van der Waals surface area contributed by atoms with Crippen LogP contribution in [0.4, 0.5) is 5.82 Å². The Morgan fingerprint density at radius 1 is 1.50 bits per heavy atom. The summed E-state index contributed by atoms with van der Waals surface area (Å²) in [6.07, 6.45) is 2.78. The molecule has 4 nitrogen and oxygen atoms in total. The van der Waals surface area contributed by atoms with Crippen molar-refractivity contribution in [3.63, 3.8) is 0 Å². The van der Waals surface area contributed by atoms with Crippen molar-refractivity contribution in [2.75, 3.05) is 18.1 Å². The van der Waals surface area contributed by atoms with E-state index in [1.165, 1.54) is 0 Å². The highest BCUT2D eigenvalue weighted by Gasteiger charge is 2.16. The van der Waals surface area contributed by atoms with E-state index in [1.54, 1.807) is 23.9 Å². The van der Waals surface area contributed by atoms with Crippen molar-refractivity contribution in [2.24, 2.45) is 0 Å². The number of hydrogen-bond acceptors (Lipinski definition) is 4. The number of anilines is 1. The molecule has 1 rings (SSSR count). The number of carbonyl (C=O) groups is 1. The zero-order valence-corrected chi connectivity index (χ0v) is 12.1. The Morgan fingerprint density at radius 2 is 2.17 bits per heavy atom. The van der Waals surface area contributed by atoms with Crippen LogP contribution in [0.5, 0.6) is 0 Å². The molecule has 1 aromatic heterocycles. The molecule has 0 spiro atoms. The van der Waals surface area contributed by atoms with Gasteiger partial charge in [-0.3, -0.25) is 0 Å². The van der Waals surface area contributed by atoms with Crippen LogP contribution in [0.3, 0.4) is 0 Å². The van der Waals surface area contributed by atoms with Crippen LogP contribution in [-0.2, 0) is 6.42 Å². The number of carboxylic acid groups (broad SMARTS) is 1. The summed E-state index contributed by atoms with van der Waals surface area (Å²) in [5.41, 5.74) is 1.07. The summed E-state index contributed by atoms with van der Waals surface area (Å²) in [5.74, 6) is -0.284. The Morgan fingerprint density at radius 3 is 2.67 bits per heavy atom. The molecule has 0 amide bonds. The largest absolute Gasteiger partial charge is 0.478 e. The van der Waals surface area contributed by atoms with Crippen LogP contribution in [0.1, 0.15) is 36.8 Å². The molecule has 0 saturated heterocycles. The summed E-state index contributed by atoms with van der Waals surface area (Å²) >= 11 is 1.76. The summed E-state index contributed by atoms with van der Waals surface area (Å²) < 4.78 is 0.0906. The second-order valence-electron chi connectivity index (χ2n) is 4.71. The van der Waals surface area contributed by atoms with Gasteiger partial charge in [0, 0.05) is 17.0 Å². The highest BCUT2D eigenvalue weighted by Crippen LogP contribution is 2.21. The van der Waals surface area contributed by atoms with Gasteiger partial charge in [-0.2, -0.15) is 11.8 Å². The second kappa shape index (κ2) is 6.09. The van der Waals surface area contributed by atoms with E-state index >= 15 is 0 Å². The van der Waals surface area contributed by atoms with Crippen molar-refractivity contribution >= 4 is 23.5 Å². The monoisotopic (exact) mass is 268 g/mol. The minimum atomic E-state index is -0.917. The van der Waals surface area contributed by atoms with Crippen molar-refractivity contribution in [1.29, 1.82) is 0 Å².